The van der Waals surface area contributed by atoms with Crippen LogP contribution >= 0.6 is 0 Å². The zero-order valence-corrected chi connectivity index (χ0v) is 15.6. The summed E-state index contributed by atoms with van der Waals surface area (Å²) in [5.41, 5.74) is 1.52. The summed E-state index contributed by atoms with van der Waals surface area (Å²) in [6.07, 6.45) is 22.7. The first-order chi connectivity index (χ1) is 11.4. The van der Waals surface area contributed by atoms with Gasteiger partial charge in [-0.1, -0.05) is 78.1 Å². The summed E-state index contributed by atoms with van der Waals surface area (Å²) in [4.78, 5) is 0. The molecule has 2 heteroatoms. The van der Waals surface area contributed by atoms with Crippen molar-refractivity contribution in [2.75, 3.05) is 0 Å². The van der Waals surface area contributed by atoms with Gasteiger partial charge in [-0.2, -0.15) is 0 Å². The fourth-order valence-corrected chi connectivity index (χ4v) is 2.94. The van der Waals surface area contributed by atoms with Crippen LogP contribution in [-0.4, -0.2) is 4.57 Å². The molecule has 0 aliphatic rings. The molecule has 0 radical (unpaired) electrons. The van der Waals surface area contributed by atoms with Crippen LogP contribution in [0.25, 0.3) is 0 Å². The van der Waals surface area contributed by atoms with Gasteiger partial charge in [-0.3, -0.25) is 0 Å². The molecule has 0 aromatic carbocycles. The summed E-state index contributed by atoms with van der Waals surface area (Å²) in [7, 11) is 0. The summed E-state index contributed by atoms with van der Waals surface area (Å²) >= 11 is 0. The number of aryl methyl sites for hydroxylation is 2. The Morgan fingerprint density at radius 2 is 1.30 bits per heavy atom. The van der Waals surface area contributed by atoms with Crippen LogP contribution in [0.15, 0.2) is 18.5 Å². The molecule has 0 saturated carbocycles. The van der Waals surface area contributed by atoms with Crippen LogP contribution in [0.1, 0.15) is 96.5 Å². The van der Waals surface area contributed by atoms with Gasteiger partial charge in [0.25, 0.3) is 0 Å². The number of hydrogen-bond donors (Lipinski definition) is 0. The molecule has 0 bridgehead atoms. The van der Waals surface area contributed by atoms with Gasteiger partial charge in [0.2, 0.25) is 0 Å². The van der Waals surface area contributed by atoms with E-state index in [1.54, 1.807) is 0 Å². The molecular weight excluding hydrogens is 280 g/mol. The molecule has 0 aliphatic heterocycles. The summed E-state index contributed by atoms with van der Waals surface area (Å²) < 4.78 is 2.38. The van der Waals surface area contributed by atoms with E-state index < -0.39 is 0 Å². The van der Waals surface area contributed by atoms with Gasteiger partial charge in [0.1, 0.15) is 0 Å². The molecule has 0 atom stereocenters. The molecule has 0 fully saturated rings. The van der Waals surface area contributed by atoms with Crippen molar-refractivity contribution in [2.45, 2.75) is 104 Å². The van der Waals surface area contributed by atoms with Gasteiger partial charge < -0.3 is 4.57 Å². The van der Waals surface area contributed by atoms with Crippen LogP contribution in [0.2, 0.25) is 0 Å². The minimum Gasteiger partial charge on any atom is -0.354 e. The highest BCUT2D eigenvalue weighted by Crippen LogP contribution is 2.12. The maximum Gasteiger partial charge on any atom is 0.0462 e. The van der Waals surface area contributed by atoms with Crippen molar-refractivity contribution in [3.8, 4) is 6.57 Å². The predicted molar refractivity (Wildman–Crippen MR) is 102 cm³/mol. The number of nitrogens with zero attached hydrogens (tertiary/aromatic N) is 2. The smallest absolute Gasteiger partial charge is 0.0462 e. The molecule has 1 rings (SSSR count). The van der Waals surface area contributed by atoms with Crippen molar-refractivity contribution in [1.29, 1.82) is 5.26 Å². The van der Waals surface area contributed by atoms with Crippen molar-refractivity contribution in [2.24, 2.45) is 0 Å². The molecule has 0 unspecified atom stereocenters. The molecule has 0 amide bonds. The maximum atomic E-state index is 6.50. The third kappa shape index (κ3) is 13.0. The van der Waals surface area contributed by atoms with E-state index in [0.29, 0.717) is 0 Å². The Kier molecular flexibility index (Phi) is 16.2. The topological polar surface area (TPSA) is 28.7 Å². The number of nitriles is 1. The van der Waals surface area contributed by atoms with E-state index in [4.69, 9.17) is 5.26 Å². The fraction of sp³-hybridized carbons (Fsp3) is 0.762. The minimum atomic E-state index is 1.21. The van der Waals surface area contributed by atoms with Crippen molar-refractivity contribution in [1.82, 2.24) is 4.57 Å². The average molecular weight is 319 g/mol. The summed E-state index contributed by atoms with van der Waals surface area (Å²) in [6, 6.07) is 2.30. The van der Waals surface area contributed by atoms with E-state index in [1.165, 1.54) is 95.6 Å². The number of unbranched alkanes of at least 4 members (excludes halogenated alkanes) is 10. The van der Waals surface area contributed by atoms with Crippen LogP contribution in [0, 0.1) is 11.8 Å². The first kappa shape index (κ1) is 21.8. The Morgan fingerprint density at radius 3 is 1.87 bits per heavy atom. The lowest BCUT2D eigenvalue weighted by atomic mass is 10.1. The summed E-state index contributed by atoms with van der Waals surface area (Å²) in [6.45, 7) is 9.26. The minimum absolute atomic E-state index is 1.21. The average Bonchev–Trinajstić information content (AvgIpc) is 3.04. The first-order valence-electron chi connectivity index (χ1n) is 9.77. The lowest BCUT2D eigenvalue weighted by Gasteiger charge is -2.04. The standard InChI is InChI=1S/C20H37N.CHN/c1-3-5-7-8-9-10-11-12-13-14-17-21-18-16-20(19-21)15-6-4-2;1-2/h16,18-19H,3-15,17H2,1-2H3;1H. The van der Waals surface area contributed by atoms with Crippen LogP contribution < -0.4 is 0 Å². The Balaban J connectivity index is 0.00000232. The lowest BCUT2D eigenvalue weighted by molar-refractivity contribution is 0.535. The summed E-state index contributed by atoms with van der Waals surface area (Å²) in [5, 5.41) is 6.50. The van der Waals surface area contributed by atoms with Gasteiger partial charge >= 0.3 is 0 Å². The molecule has 1 aromatic heterocycles. The lowest BCUT2D eigenvalue weighted by Crippen LogP contribution is -1.94. The van der Waals surface area contributed by atoms with Crippen LogP contribution in [0.4, 0.5) is 0 Å². The van der Waals surface area contributed by atoms with E-state index in [2.05, 4.69) is 43.4 Å². The third-order valence-electron chi connectivity index (χ3n) is 4.40. The van der Waals surface area contributed by atoms with Gasteiger partial charge in [0.05, 0.1) is 0 Å². The molecule has 0 N–H and O–H groups in total. The number of hydrogen-bond acceptors (Lipinski definition) is 1. The molecular formula is C21H38N2. The quantitative estimate of drug-likeness (QED) is 0.343. The van der Waals surface area contributed by atoms with Crippen LogP contribution in [0.3, 0.4) is 0 Å². The Hall–Kier alpha value is -1.23. The van der Waals surface area contributed by atoms with E-state index in [0.717, 1.165) is 0 Å². The van der Waals surface area contributed by atoms with Crippen molar-refractivity contribution < 1.29 is 0 Å². The zero-order chi connectivity index (χ0) is 17.2. The molecule has 2 nitrogen and oxygen atoms in total. The van der Waals surface area contributed by atoms with Crippen LogP contribution in [0.5, 0.6) is 0 Å². The zero-order valence-electron chi connectivity index (χ0n) is 15.6. The molecule has 23 heavy (non-hydrogen) atoms. The highest BCUT2D eigenvalue weighted by molar-refractivity contribution is 5.10. The Morgan fingerprint density at radius 1 is 0.783 bits per heavy atom. The number of aromatic nitrogens is 1. The van der Waals surface area contributed by atoms with E-state index in [-0.39, 0.29) is 0 Å². The second kappa shape index (κ2) is 17.1. The monoisotopic (exact) mass is 318 g/mol. The van der Waals surface area contributed by atoms with E-state index in [1.807, 2.05) is 0 Å². The molecule has 132 valence electrons. The number of rotatable bonds is 14. The van der Waals surface area contributed by atoms with Crippen LogP contribution in [-0.2, 0) is 13.0 Å². The van der Waals surface area contributed by atoms with E-state index in [9.17, 15) is 0 Å². The molecule has 0 saturated heterocycles. The van der Waals surface area contributed by atoms with Gasteiger partial charge in [-0.25, -0.2) is 5.26 Å². The van der Waals surface area contributed by atoms with Crippen molar-refractivity contribution in [3.05, 3.63) is 24.0 Å². The molecule has 1 heterocycles. The maximum absolute atomic E-state index is 6.50. The van der Waals surface area contributed by atoms with Gasteiger partial charge in [-0.15, -0.1) is 0 Å². The molecule has 0 spiro atoms. The fourth-order valence-electron chi connectivity index (χ4n) is 2.94. The largest absolute Gasteiger partial charge is 0.354 e. The second-order valence-corrected chi connectivity index (χ2v) is 6.54. The third-order valence-corrected chi connectivity index (χ3v) is 4.40. The second-order valence-electron chi connectivity index (χ2n) is 6.54. The van der Waals surface area contributed by atoms with Crippen molar-refractivity contribution in [3.63, 3.8) is 0 Å². The molecule has 1 aromatic rings. The first-order valence-corrected chi connectivity index (χ1v) is 9.77. The van der Waals surface area contributed by atoms with Gasteiger partial charge in [0, 0.05) is 25.5 Å². The predicted octanol–water partition coefficient (Wildman–Crippen LogP) is 6.89. The SMILES string of the molecule is C#N.CCCCCCCCCCCCn1ccc(CCCC)c1. The normalized spacial score (nSPS) is 10.3. The van der Waals surface area contributed by atoms with Gasteiger partial charge in [-0.05, 0) is 30.9 Å². The Bertz CT molecular complexity index is 365. The molecule has 0 aliphatic carbocycles. The van der Waals surface area contributed by atoms with Gasteiger partial charge in [0.15, 0.2) is 0 Å². The highest BCUT2D eigenvalue weighted by atomic mass is 14.9. The van der Waals surface area contributed by atoms with Crippen molar-refractivity contribution >= 4 is 0 Å². The summed E-state index contributed by atoms with van der Waals surface area (Å²) in [5.74, 6) is 0. The van der Waals surface area contributed by atoms with E-state index >= 15 is 0 Å². The Labute approximate surface area is 144 Å². The highest BCUT2D eigenvalue weighted by Gasteiger charge is 1.97.